The van der Waals surface area contributed by atoms with E-state index in [0.29, 0.717) is 11.8 Å². The maximum absolute atomic E-state index is 4.45. The Morgan fingerprint density at radius 2 is 1.87 bits per heavy atom. The predicted octanol–water partition coefficient (Wildman–Crippen LogP) is 2.85. The van der Waals surface area contributed by atoms with Crippen LogP contribution >= 0.6 is 0 Å². The topological polar surface area (TPSA) is 54.5 Å². The lowest BCUT2D eigenvalue weighted by Crippen LogP contribution is -1.96. The smallest absolute Gasteiger partial charge is 0.181 e. The van der Waals surface area contributed by atoms with Crippen molar-refractivity contribution in [1.29, 1.82) is 0 Å². The van der Waals surface area contributed by atoms with Crippen LogP contribution in [0.2, 0.25) is 0 Å². The Labute approximate surface area is 90.7 Å². The van der Waals surface area contributed by atoms with Crippen molar-refractivity contribution in [3.05, 3.63) is 17.8 Å². The van der Waals surface area contributed by atoms with E-state index in [1.807, 2.05) is 6.20 Å². The number of rotatable bonds is 2. The van der Waals surface area contributed by atoms with Crippen LogP contribution in [-0.2, 0) is 0 Å². The van der Waals surface area contributed by atoms with E-state index in [1.165, 1.54) is 0 Å². The standard InChI is InChI=1S/C11H16N4.H2/c1-6(2)9-12-5-8-11(14-9)15-10(13-8)7(3)4;/h5-7H,1-4H3,(H,12,13,14,15);1H. The minimum absolute atomic E-state index is 0. The highest BCUT2D eigenvalue weighted by molar-refractivity contribution is 5.69. The molecule has 0 saturated carbocycles. The number of aromatic amines is 1. The molecule has 0 saturated heterocycles. The van der Waals surface area contributed by atoms with Crippen molar-refractivity contribution in [2.45, 2.75) is 39.5 Å². The molecule has 0 fully saturated rings. The molecule has 0 aliphatic heterocycles. The molecule has 0 radical (unpaired) electrons. The largest absolute Gasteiger partial charge is 0.339 e. The first-order valence-electron chi connectivity index (χ1n) is 5.30. The van der Waals surface area contributed by atoms with Gasteiger partial charge in [0.15, 0.2) is 5.65 Å². The number of nitrogens with one attached hydrogen (secondary N) is 1. The Hall–Kier alpha value is -1.45. The monoisotopic (exact) mass is 206 g/mol. The SMILES string of the molecule is CC(C)c1ncc2[nH]c(C(C)C)nc2n1.[HH]. The molecule has 0 atom stereocenters. The van der Waals surface area contributed by atoms with Crippen molar-refractivity contribution in [3.8, 4) is 0 Å². The Balaban J connectivity index is 0.00000128. The van der Waals surface area contributed by atoms with Gasteiger partial charge in [-0.15, -0.1) is 0 Å². The molecular formula is C11H18N4. The molecule has 0 bridgehead atoms. The number of aromatic nitrogens is 4. The summed E-state index contributed by atoms with van der Waals surface area (Å²) in [4.78, 5) is 16.4. The maximum atomic E-state index is 4.45. The third kappa shape index (κ3) is 1.84. The van der Waals surface area contributed by atoms with E-state index in [1.54, 1.807) is 0 Å². The first-order valence-corrected chi connectivity index (χ1v) is 5.30. The second-order valence-electron chi connectivity index (χ2n) is 4.40. The average molecular weight is 206 g/mol. The third-order valence-electron chi connectivity index (χ3n) is 2.34. The lowest BCUT2D eigenvalue weighted by Gasteiger charge is -2.00. The first kappa shape index (κ1) is 10.1. The highest BCUT2D eigenvalue weighted by Gasteiger charge is 2.09. The third-order valence-corrected chi connectivity index (χ3v) is 2.34. The molecule has 0 amide bonds. The van der Waals surface area contributed by atoms with E-state index in [0.717, 1.165) is 22.8 Å². The van der Waals surface area contributed by atoms with Crippen LogP contribution in [-0.4, -0.2) is 19.9 Å². The first-order chi connectivity index (χ1) is 7.08. The fraction of sp³-hybridized carbons (Fsp3) is 0.545. The number of nitrogens with zero attached hydrogens (tertiary/aromatic N) is 3. The second-order valence-corrected chi connectivity index (χ2v) is 4.40. The van der Waals surface area contributed by atoms with Crippen LogP contribution in [0.3, 0.4) is 0 Å². The van der Waals surface area contributed by atoms with Crippen LogP contribution in [0, 0.1) is 0 Å². The fourth-order valence-electron chi connectivity index (χ4n) is 1.39. The van der Waals surface area contributed by atoms with Gasteiger partial charge >= 0.3 is 0 Å². The summed E-state index contributed by atoms with van der Waals surface area (Å²) in [6.45, 7) is 8.37. The minimum Gasteiger partial charge on any atom is -0.339 e. The van der Waals surface area contributed by atoms with Gasteiger partial charge in [0.1, 0.15) is 17.2 Å². The molecule has 0 aliphatic rings. The van der Waals surface area contributed by atoms with Crippen molar-refractivity contribution in [3.63, 3.8) is 0 Å². The van der Waals surface area contributed by atoms with Crippen LogP contribution in [0.5, 0.6) is 0 Å². The van der Waals surface area contributed by atoms with Gasteiger partial charge in [0.05, 0.1) is 6.20 Å². The molecule has 2 aromatic heterocycles. The van der Waals surface area contributed by atoms with Gasteiger partial charge in [-0.25, -0.2) is 15.0 Å². The lowest BCUT2D eigenvalue weighted by molar-refractivity contribution is 0.779. The normalized spacial score (nSPS) is 11.9. The zero-order chi connectivity index (χ0) is 11.0. The molecule has 2 rings (SSSR count). The van der Waals surface area contributed by atoms with Gasteiger partial charge in [-0.3, -0.25) is 0 Å². The Morgan fingerprint density at radius 1 is 1.13 bits per heavy atom. The zero-order valence-corrected chi connectivity index (χ0v) is 9.57. The summed E-state index contributed by atoms with van der Waals surface area (Å²) >= 11 is 0. The summed E-state index contributed by atoms with van der Waals surface area (Å²) in [5.41, 5.74) is 1.69. The summed E-state index contributed by atoms with van der Waals surface area (Å²) in [6, 6.07) is 0. The molecule has 1 N–H and O–H groups in total. The van der Waals surface area contributed by atoms with Crippen molar-refractivity contribution in [2.75, 3.05) is 0 Å². The molecule has 4 heteroatoms. The minimum atomic E-state index is 0. The summed E-state index contributed by atoms with van der Waals surface area (Å²) in [7, 11) is 0. The van der Waals surface area contributed by atoms with Crippen molar-refractivity contribution < 1.29 is 1.43 Å². The number of hydrogen-bond acceptors (Lipinski definition) is 3. The van der Waals surface area contributed by atoms with Gasteiger partial charge in [-0.05, 0) is 0 Å². The van der Waals surface area contributed by atoms with E-state index in [4.69, 9.17) is 0 Å². The highest BCUT2D eigenvalue weighted by atomic mass is 15.0. The van der Waals surface area contributed by atoms with Crippen LogP contribution < -0.4 is 0 Å². The molecule has 0 aromatic carbocycles. The average Bonchev–Trinajstić information content (AvgIpc) is 2.59. The summed E-state index contributed by atoms with van der Waals surface area (Å²) in [5.74, 6) is 2.56. The number of fused-ring (bicyclic) bond motifs is 1. The molecular weight excluding hydrogens is 188 g/mol. The van der Waals surface area contributed by atoms with Crippen LogP contribution in [0.15, 0.2) is 6.20 Å². The molecule has 0 spiro atoms. The summed E-state index contributed by atoms with van der Waals surface area (Å²) < 4.78 is 0. The number of hydrogen-bond donors (Lipinski definition) is 1. The lowest BCUT2D eigenvalue weighted by atomic mass is 10.2. The molecule has 2 heterocycles. The molecule has 4 nitrogen and oxygen atoms in total. The Kier molecular flexibility index (Phi) is 2.42. The van der Waals surface area contributed by atoms with Gasteiger partial charge in [0, 0.05) is 13.3 Å². The predicted molar refractivity (Wildman–Crippen MR) is 62.0 cm³/mol. The highest BCUT2D eigenvalue weighted by Crippen LogP contribution is 2.16. The second kappa shape index (κ2) is 3.61. The maximum Gasteiger partial charge on any atom is 0.181 e. The van der Waals surface area contributed by atoms with E-state index < -0.39 is 0 Å². The van der Waals surface area contributed by atoms with E-state index in [2.05, 4.69) is 47.6 Å². The molecule has 15 heavy (non-hydrogen) atoms. The van der Waals surface area contributed by atoms with E-state index in [-0.39, 0.29) is 1.43 Å². The number of imidazole rings is 1. The van der Waals surface area contributed by atoms with Crippen molar-refractivity contribution in [1.82, 2.24) is 19.9 Å². The Morgan fingerprint density at radius 3 is 2.47 bits per heavy atom. The van der Waals surface area contributed by atoms with Gasteiger partial charge in [-0.2, -0.15) is 0 Å². The zero-order valence-electron chi connectivity index (χ0n) is 9.57. The molecule has 2 aromatic rings. The quantitative estimate of drug-likeness (QED) is 0.822. The van der Waals surface area contributed by atoms with Crippen LogP contribution in [0.25, 0.3) is 11.2 Å². The van der Waals surface area contributed by atoms with Gasteiger partial charge in [-0.1, -0.05) is 27.7 Å². The van der Waals surface area contributed by atoms with Gasteiger partial charge < -0.3 is 4.98 Å². The molecule has 0 aliphatic carbocycles. The Bertz CT molecular complexity index is 470. The van der Waals surface area contributed by atoms with Crippen LogP contribution in [0.1, 0.15) is 52.6 Å². The summed E-state index contributed by atoms with van der Waals surface area (Å²) in [6.07, 6.45) is 1.82. The fourth-order valence-corrected chi connectivity index (χ4v) is 1.39. The number of H-pyrrole nitrogens is 1. The van der Waals surface area contributed by atoms with Gasteiger partial charge in [0.2, 0.25) is 0 Å². The molecule has 82 valence electrons. The van der Waals surface area contributed by atoms with Gasteiger partial charge in [0.25, 0.3) is 0 Å². The van der Waals surface area contributed by atoms with Crippen LogP contribution in [0.4, 0.5) is 0 Å². The van der Waals surface area contributed by atoms with Crippen molar-refractivity contribution >= 4 is 11.2 Å². The van der Waals surface area contributed by atoms with E-state index >= 15 is 0 Å². The summed E-state index contributed by atoms with van der Waals surface area (Å²) in [5, 5.41) is 0. The van der Waals surface area contributed by atoms with Crippen molar-refractivity contribution in [2.24, 2.45) is 0 Å². The van der Waals surface area contributed by atoms with E-state index in [9.17, 15) is 0 Å². The molecule has 0 unspecified atom stereocenters.